The predicted molar refractivity (Wildman–Crippen MR) is 101 cm³/mol. The Morgan fingerprint density at radius 2 is 2.42 bits per heavy atom. The summed E-state index contributed by atoms with van der Waals surface area (Å²) in [7, 11) is 0. The number of rotatable bonds is 5. The van der Waals surface area contributed by atoms with Gasteiger partial charge in [-0.2, -0.15) is 0 Å². The molecule has 1 fully saturated rings. The molecule has 1 aromatic rings. The summed E-state index contributed by atoms with van der Waals surface area (Å²) in [6.07, 6.45) is 4.11. The third-order valence-corrected chi connectivity index (χ3v) is 5.58. The monoisotopic (exact) mass is 381 g/mol. The Labute approximate surface area is 153 Å². The minimum atomic E-state index is -0.141. The smallest absolute Gasteiger partial charge is 0.266 e. The molecule has 3 rings (SSSR count). The number of amidine groups is 1. The normalized spacial score (nSPS) is 19.2. The molecular formula is C15H15N3O3S3. The minimum absolute atomic E-state index is 0.0836. The molecule has 0 saturated carbocycles. The van der Waals surface area contributed by atoms with Gasteiger partial charge in [0.2, 0.25) is 5.91 Å². The molecule has 0 atom stereocenters. The van der Waals surface area contributed by atoms with E-state index < -0.39 is 0 Å². The molecule has 126 valence electrons. The van der Waals surface area contributed by atoms with Crippen molar-refractivity contribution in [2.45, 2.75) is 12.8 Å². The molecule has 0 aromatic carbocycles. The van der Waals surface area contributed by atoms with Gasteiger partial charge in [-0.25, -0.2) is 0 Å². The molecule has 2 amide bonds. The van der Waals surface area contributed by atoms with Crippen LogP contribution in [0.3, 0.4) is 0 Å². The third kappa shape index (κ3) is 4.28. The fourth-order valence-corrected chi connectivity index (χ4v) is 4.22. The molecule has 0 radical (unpaired) electrons. The Kier molecular flexibility index (Phi) is 5.75. The van der Waals surface area contributed by atoms with E-state index in [1.54, 1.807) is 36.2 Å². The molecule has 2 aliphatic rings. The highest BCUT2D eigenvalue weighted by molar-refractivity contribution is 8.26. The fraction of sp³-hybridized carbons (Fsp3) is 0.333. The van der Waals surface area contributed by atoms with Crippen LogP contribution >= 0.6 is 35.7 Å². The molecule has 6 nitrogen and oxygen atoms in total. The van der Waals surface area contributed by atoms with Crippen LogP contribution < -0.4 is 5.32 Å². The number of thioether (sulfide) groups is 2. The molecule has 0 unspecified atom stereocenters. The van der Waals surface area contributed by atoms with Crippen LogP contribution in [0.2, 0.25) is 0 Å². The van der Waals surface area contributed by atoms with E-state index in [1.807, 2.05) is 0 Å². The van der Waals surface area contributed by atoms with E-state index in [1.165, 1.54) is 16.7 Å². The van der Waals surface area contributed by atoms with Gasteiger partial charge in [0.1, 0.15) is 10.1 Å². The number of hydrogen-bond donors (Lipinski definition) is 1. The van der Waals surface area contributed by atoms with Crippen LogP contribution in [-0.2, 0) is 9.59 Å². The van der Waals surface area contributed by atoms with E-state index >= 15 is 0 Å². The number of carbonyl (C=O) groups is 2. The summed E-state index contributed by atoms with van der Waals surface area (Å²) in [6, 6.07) is 3.54. The average molecular weight is 382 g/mol. The average Bonchev–Trinajstić information content (AvgIpc) is 3.27. The number of nitrogens with zero attached hydrogens (tertiary/aromatic N) is 2. The SMILES string of the molecule is O=C(CCCN1C(=O)C(=Cc2ccco2)SC1=S)NC1=NCCS1. The summed E-state index contributed by atoms with van der Waals surface area (Å²) in [5.41, 5.74) is 0. The predicted octanol–water partition coefficient (Wildman–Crippen LogP) is 2.48. The van der Waals surface area contributed by atoms with E-state index in [4.69, 9.17) is 16.6 Å². The summed E-state index contributed by atoms with van der Waals surface area (Å²) in [5.74, 6) is 1.30. The van der Waals surface area contributed by atoms with Gasteiger partial charge < -0.3 is 9.73 Å². The number of hydrogen-bond acceptors (Lipinski definition) is 7. The van der Waals surface area contributed by atoms with Crippen molar-refractivity contribution in [3.8, 4) is 0 Å². The molecule has 1 saturated heterocycles. The third-order valence-electron chi connectivity index (χ3n) is 3.31. The van der Waals surface area contributed by atoms with E-state index in [2.05, 4.69) is 10.3 Å². The van der Waals surface area contributed by atoms with Crippen LogP contribution in [0.5, 0.6) is 0 Å². The number of aliphatic imine (C=N–C) groups is 1. The molecule has 0 spiro atoms. The number of thiocarbonyl (C=S) groups is 1. The first kappa shape index (κ1) is 17.2. The number of amides is 2. The van der Waals surface area contributed by atoms with Crippen LogP contribution in [0.25, 0.3) is 6.08 Å². The molecule has 3 heterocycles. The number of furan rings is 1. The molecule has 9 heteroatoms. The second-order valence-corrected chi connectivity index (χ2v) is 7.80. The Morgan fingerprint density at radius 3 is 3.12 bits per heavy atom. The zero-order valence-electron chi connectivity index (χ0n) is 12.7. The Morgan fingerprint density at radius 1 is 1.54 bits per heavy atom. The first-order chi connectivity index (χ1) is 11.6. The largest absolute Gasteiger partial charge is 0.465 e. The topological polar surface area (TPSA) is 74.9 Å². The second kappa shape index (κ2) is 8.00. The van der Waals surface area contributed by atoms with Gasteiger partial charge in [-0.3, -0.25) is 19.5 Å². The van der Waals surface area contributed by atoms with Crippen molar-refractivity contribution < 1.29 is 14.0 Å². The van der Waals surface area contributed by atoms with Gasteiger partial charge in [0.25, 0.3) is 5.91 Å². The van der Waals surface area contributed by atoms with Crippen LogP contribution in [0.1, 0.15) is 18.6 Å². The van der Waals surface area contributed by atoms with Crippen LogP contribution in [0, 0.1) is 0 Å². The first-order valence-corrected chi connectivity index (χ1v) is 9.60. The van der Waals surface area contributed by atoms with Crippen molar-refractivity contribution in [3.63, 3.8) is 0 Å². The Bertz CT molecular complexity index is 713. The maximum absolute atomic E-state index is 12.4. The summed E-state index contributed by atoms with van der Waals surface area (Å²) in [6.45, 7) is 1.17. The highest BCUT2D eigenvalue weighted by atomic mass is 32.2. The summed E-state index contributed by atoms with van der Waals surface area (Å²) in [4.78, 5) is 30.5. The fourth-order valence-electron chi connectivity index (χ4n) is 2.19. The van der Waals surface area contributed by atoms with Gasteiger partial charge in [-0.05, 0) is 18.6 Å². The molecule has 0 bridgehead atoms. The zero-order valence-corrected chi connectivity index (χ0v) is 15.1. The van der Waals surface area contributed by atoms with Gasteiger partial charge in [0.05, 0.1) is 17.7 Å². The van der Waals surface area contributed by atoms with Gasteiger partial charge in [0.15, 0.2) is 5.17 Å². The maximum atomic E-state index is 12.4. The standard InChI is InChI=1S/C15H15N3O3S3/c19-12(17-14-16-5-8-23-14)4-1-6-18-13(20)11(24-15(18)22)9-10-3-2-7-21-10/h2-3,7,9H,1,4-6,8H2,(H,16,17,19). The van der Waals surface area contributed by atoms with E-state index in [0.717, 1.165) is 12.3 Å². The van der Waals surface area contributed by atoms with Gasteiger partial charge in [-0.1, -0.05) is 35.7 Å². The molecule has 1 N–H and O–H groups in total. The quantitative estimate of drug-likeness (QED) is 0.624. The lowest BCUT2D eigenvalue weighted by atomic mass is 10.2. The number of nitrogens with one attached hydrogen (secondary N) is 1. The maximum Gasteiger partial charge on any atom is 0.266 e. The lowest BCUT2D eigenvalue weighted by Gasteiger charge is -2.13. The summed E-state index contributed by atoms with van der Waals surface area (Å²) in [5, 5.41) is 3.46. The van der Waals surface area contributed by atoms with Crippen molar-refractivity contribution in [1.29, 1.82) is 0 Å². The van der Waals surface area contributed by atoms with Gasteiger partial charge >= 0.3 is 0 Å². The molecule has 2 aliphatic heterocycles. The highest BCUT2D eigenvalue weighted by Gasteiger charge is 2.31. The summed E-state index contributed by atoms with van der Waals surface area (Å²) < 4.78 is 5.73. The lowest BCUT2D eigenvalue weighted by molar-refractivity contribution is -0.123. The van der Waals surface area contributed by atoms with Crippen LogP contribution in [-0.4, -0.2) is 45.0 Å². The number of carbonyl (C=O) groups excluding carboxylic acids is 2. The van der Waals surface area contributed by atoms with Crippen molar-refractivity contribution >= 4 is 63.1 Å². The van der Waals surface area contributed by atoms with Crippen LogP contribution in [0.15, 0.2) is 32.7 Å². The minimum Gasteiger partial charge on any atom is -0.465 e. The van der Waals surface area contributed by atoms with E-state index in [9.17, 15) is 9.59 Å². The van der Waals surface area contributed by atoms with Crippen molar-refractivity contribution in [2.24, 2.45) is 4.99 Å². The summed E-state index contributed by atoms with van der Waals surface area (Å²) >= 11 is 8.05. The highest BCUT2D eigenvalue weighted by Crippen LogP contribution is 2.32. The Hall–Kier alpha value is -1.58. The van der Waals surface area contributed by atoms with Crippen molar-refractivity contribution in [3.05, 3.63) is 29.1 Å². The van der Waals surface area contributed by atoms with Gasteiger partial charge in [0, 0.05) is 24.8 Å². The molecule has 24 heavy (non-hydrogen) atoms. The second-order valence-electron chi connectivity index (χ2n) is 5.04. The molecule has 1 aromatic heterocycles. The van der Waals surface area contributed by atoms with Crippen molar-refractivity contribution in [2.75, 3.05) is 18.8 Å². The van der Waals surface area contributed by atoms with Crippen molar-refractivity contribution in [1.82, 2.24) is 10.2 Å². The zero-order chi connectivity index (χ0) is 16.9. The lowest BCUT2D eigenvalue weighted by Crippen LogP contribution is -2.31. The van der Waals surface area contributed by atoms with E-state index in [-0.39, 0.29) is 11.8 Å². The van der Waals surface area contributed by atoms with Gasteiger partial charge in [-0.15, -0.1) is 0 Å². The Balaban J connectivity index is 1.49. The van der Waals surface area contributed by atoms with Crippen LogP contribution in [0.4, 0.5) is 0 Å². The van der Waals surface area contributed by atoms with E-state index in [0.29, 0.717) is 39.5 Å². The first-order valence-electron chi connectivity index (χ1n) is 7.39. The molecule has 0 aliphatic carbocycles. The molecular weight excluding hydrogens is 366 g/mol.